The van der Waals surface area contributed by atoms with E-state index in [1.54, 1.807) is 42.5 Å². The highest BCUT2D eigenvalue weighted by Crippen LogP contribution is 2.34. The third kappa shape index (κ3) is 3.61. The number of hydrogen-bond donors (Lipinski definition) is 0. The molecule has 23 heavy (non-hydrogen) atoms. The second kappa shape index (κ2) is 6.79. The van der Waals surface area contributed by atoms with Crippen molar-refractivity contribution in [1.29, 1.82) is 0 Å². The van der Waals surface area contributed by atoms with Gasteiger partial charge in [0.2, 0.25) is 0 Å². The summed E-state index contributed by atoms with van der Waals surface area (Å²) in [7, 11) is 0. The van der Waals surface area contributed by atoms with Gasteiger partial charge in [-0.25, -0.2) is 0 Å². The van der Waals surface area contributed by atoms with E-state index in [9.17, 15) is 9.59 Å². The first-order valence-corrected chi connectivity index (χ1v) is 8.36. The first kappa shape index (κ1) is 16.1. The van der Waals surface area contributed by atoms with Gasteiger partial charge in [-0.1, -0.05) is 53.5 Å². The minimum Gasteiger partial charge on any atom is -0.268 e. The molecule has 1 aliphatic rings. The lowest BCUT2D eigenvalue weighted by atomic mass is 10.2. The highest BCUT2D eigenvalue weighted by Gasteiger charge is 2.35. The zero-order valence-electron chi connectivity index (χ0n) is 11.8. The highest BCUT2D eigenvalue weighted by molar-refractivity contribution is 8.18. The van der Waals surface area contributed by atoms with Crippen LogP contribution < -0.4 is 0 Å². The van der Waals surface area contributed by atoms with Crippen molar-refractivity contribution in [3.63, 3.8) is 0 Å². The van der Waals surface area contributed by atoms with Crippen molar-refractivity contribution in [3.8, 4) is 0 Å². The molecular formula is C17H11Cl2NO2S. The van der Waals surface area contributed by atoms with Gasteiger partial charge in [0.05, 0.1) is 11.4 Å². The smallest absolute Gasteiger partial charge is 0.268 e. The monoisotopic (exact) mass is 363 g/mol. The van der Waals surface area contributed by atoms with Crippen LogP contribution >= 0.6 is 35.0 Å². The lowest BCUT2D eigenvalue weighted by molar-refractivity contribution is -0.123. The van der Waals surface area contributed by atoms with Crippen molar-refractivity contribution in [2.24, 2.45) is 0 Å². The number of halogens is 2. The van der Waals surface area contributed by atoms with Gasteiger partial charge in [-0.2, -0.15) is 0 Å². The molecule has 0 atom stereocenters. The lowest BCUT2D eigenvalue weighted by Crippen LogP contribution is -2.27. The summed E-state index contributed by atoms with van der Waals surface area (Å²) in [4.78, 5) is 26.2. The van der Waals surface area contributed by atoms with Gasteiger partial charge in [-0.3, -0.25) is 14.5 Å². The Kier molecular flexibility index (Phi) is 4.76. The zero-order valence-corrected chi connectivity index (χ0v) is 14.2. The van der Waals surface area contributed by atoms with Crippen LogP contribution in [-0.2, 0) is 11.3 Å². The van der Waals surface area contributed by atoms with E-state index < -0.39 is 0 Å². The van der Waals surface area contributed by atoms with Crippen LogP contribution in [0.5, 0.6) is 0 Å². The Bertz CT molecular complexity index is 802. The Hall–Kier alpha value is -1.75. The van der Waals surface area contributed by atoms with Crippen LogP contribution in [0.4, 0.5) is 4.79 Å². The molecule has 2 aromatic carbocycles. The van der Waals surface area contributed by atoms with Crippen LogP contribution in [0.1, 0.15) is 11.1 Å². The van der Waals surface area contributed by atoms with Crippen LogP contribution in [0.3, 0.4) is 0 Å². The van der Waals surface area contributed by atoms with Crippen LogP contribution in [0.15, 0.2) is 53.4 Å². The number of benzene rings is 2. The maximum atomic E-state index is 12.4. The quantitative estimate of drug-likeness (QED) is 0.700. The van der Waals surface area contributed by atoms with E-state index in [2.05, 4.69) is 0 Å². The largest absolute Gasteiger partial charge is 0.293 e. The Morgan fingerprint density at radius 2 is 1.70 bits per heavy atom. The molecule has 0 unspecified atom stereocenters. The lowest BCUT2D eigenvalue weighted by Gasteiger charge is -2.12. The highest BCUT2D eigenvalue weighted by atomic mass is 35.5. The number of thioether (sulfide) groups is 1. The maximum absolute atomic E-state index is 12.4. The predicted molar refractivity (Wildman–Crippen MR) is 94.4 cm³/mol. The van der Waals surface area contributed by atoms with E-state index in [1.165, 1.54) is 4.90 Å². The summed E-state index contributed by atoms with van der Waals surface area (Å²) < 4.78 is 0. The Balaban J connectivity index is 1.82. The summed E-state index contributed by atoms with van der Waals surface area (Å²) in [5.74, 6) is -0.310. The van der Waals surface area contributed by atoms with Crippen molar-refractivity contribution in [2.75, 3.05) is 0 Å². The molecule has 1 saturated heterocycles. The Morgan fingerprint density at radius 1 is 1.00 bits per heavy atom. The summed E-state index contributed by atoms with van der Waals surface area (Å²) in [6, 6.07) is 14.2. The third-order valence-corrected chi connectivity index (χ3v) is 4.82. The molecule has 1 fully saturated rings. The van der Waals surface area contributed by atoms with Gasteiger partial charge in [-0.15, -0.1) is 0 Å². The van der Waals surface area contributed by atoms with E-state index in [4.69, 9.17) is 23.2 Å². The fraction of sp³-hybridized carbons (Fsp3) is 0.0588. The van der Waals surface area contributed by atoms with Gasteiger partial charge in [0.25, 0.3) is 11.1 Å². The van der Waals surface area contributed by atoms with Crippen LogP contribution in [0.2, 0.25) is 10.0 Å². The summed E-state index contributed by atoms with van der Waals surface area (Å²) in [5, 5.41) is 0.863. The maximum Gasteiger partial charge on any atom is 0.293 e. The SMILES string of the molecule is O=C1S/C(=C\c2ccccc2Cl)C(=O)N1Cc1ccc(Cl)cc1. The van der Waals surface area contributed by atoms with E-state index in [0.29, 0.717) is 20.5 Å². The molecule has 0 aromatic heterocycles. The van der Waals surface area contributed by atoms with E-state index in [-0.39, 0.29) is 17.7 Å². The normalized spacial score (nSPS) is 16.4. The van der Waals surface area contributed by atoms with E-state index >= 15 is 0 Å². The molecule has 116 valence electrons. The molecule has 0 aliphatic carbocycles. The Morgan fingerprint density at radius 3 is 2.39 bits per heavy atom. The molecule has 1 heterocycles. The minimum absolute atomic E-state index is 0.224. The van der Waals surface area contributed by atoms with Gasteiger partial charge in [0.15, 0.2) is 0 Å². The molecule has 3 rings (SSSR count). The molecule has 0 radical (unpaired) electrons. The van der Waals surface area contributed by atoms with Crippen molar-refractivity contribution < 1.29 is 9.59 Å². The molecule has 0 saturated carbocycles. The topological polar surface area (TPSA) is 37.4 Å². The minimum atomic E-state index is -0.310. The zero-order chi connectivity index (χ0) is 16.4. The average molecular weight is 364 g/mol. The summed E-state index contributed by atoms with van der Waals surface area (Å²) >= 11 is 12.9. The van der Waals surface area contributed by atoms with Crippen molar-refractivity contribution in [2.45, 2.75) is 6.54 Å². The van der Waals surface area contributed by atoms with Crippen molar-refractivity contribution in [3.05, 3.63) is 74.6 Å². The molecule has 3 nitrogen and oxygen atoms in total. The number of carbonyl (C=O) groups is 2. The summed E-state index contributed by atoms with van der Waals surface area (Å²) in [5.41, 5.74) is 1.56. The van der Waals surface area contributed by atoms with Gasteiger partial charge in [0, 0.05) is 10.0 Å². The van der Waals surface area contributed by atoms with Crippen LogP contribution in [0.25, 0.3) is 6.08 Å². The first-order valence-electron chi connectivity index (χ1n) is 6.79. The van der Waals surface area contributed by atoms with Crippen LogP contribution in [0, 0.1) is 0 Å². The molecule has 0 spiro atoms. The standard InChI is InChI=1S/C17H11Cl2NO2S/c18-13-7-5-11(6-8-13)10-20-16(21)15(23-17(20)22)9-12-3-1-2-4-14(12)19/h1-9H,10H2/b15-9-. The van der Waals surface area contributed by atoms with Crippen molar-refractivity contribution >= 4 is 52.2 Å². The van der Waals surface area contributed by atoms with Gasteiger partial charge in [-0.05, 0) is 47.2 Å². The summed E-state index contributed by atoms with van der Waals surface area (Å²) in [6.45, 7) is 0.224. The van der Waals surface area contributed by atoms with Gasteiger partial charge in [0.1, 0.15) is 0 Å². The van der Waals surface area contributed by atoms with Crippen LogP contribution in [-0.4, -0.2) is 16.0 Å². The third-order valence-electron chi connectivity index (χ3n) is 3.32. The summed E-state index contributed by atoms with van der Waals surface area (Å²) in [6.07, 6.45) is 1.65. The van der Waals surface area contributed by atoms with E-state index in [1.807, 2.05) is 12.1 Å². The average Bonchev–Trinajstić information content (AvgIpc) is 2.79. The number of hydrogen-bond acceptors (Lipinski definition) is 3. The first-order chi connectivity index (χ1) is 11.0. The number of rotatable bonds is 3. The van der Waals surface area contributed by atoms with Gasteiger partial charge >= 0.3 is 0 Å². The fourth-order valence-corrected chi connectivity index (χ4v) is 3.29. The van der Waals surface area contributed by atoms with E-state index in [0.717, 1.165) is 17.3 Å². The predicted octanol–water partition coefficient (Wildman–Crippen LogP) is 5.23. The molecular weight excluding hydrogens is 353 g/mol. The molecule has 2 aromatic rings. The second-order valence-electron chi connectivity index (χ2n) is 4.92. The molecule has 0 bridgehead atoms. The fourth-order valence-electron chi connectivity index (χ4n) is 2.14. The number of amides is 2. The number of imide groups is 1. The molecule has 1 aliphatic heterocycles. The molecule has 0 N–H and O–H groups in total. The number of nitrogens with zero attached hydrogens (tertiary/aromatic N) is 1. The van der Waals surface area contributed by atoms with Gasteiger partial charge < -0.3 is 0 Å². The van der Waals surface area contributed by atoms with Crippen molar-refractivity contribution in [1.82, 2.24) is 4.90 Å². The molecule has 6 heteroatoms. The number of carbonyl (C=O) groups excluding carboxylic acids is 2. The second-order valence-corrected chi connectivity index (χ2v) is 6.75. The Labute approximate surface area is 147 Å². The molecule has 2 amide bonds.